The standard InChI is InChI=1S/C19H28N2O5/c1-19(2,3)26-18(24)21(11-12-22)16-9-10-20(13-16)17(23)25-14-15-7-5-4-6-8-15/h4-8,16,22H,9-14H2,1-3H3. The van der Waals surface area contributed by atoms with Gasteiger partial charge in [-0.1, -0.05) is 30.3 Å². The van der Waals surface area contributed by atoms with Crippen LogP contribution in [0.25, 0.3) is 0 Å². The van der Waals surface area contributed by atoms with Crippen molar-refractivity contribution in [3.05, 3.63) is 35.9 Å². The highest BCUT2D eigenvalue weighted by Crippen LogP contribution is 2.20. The lowest BCUT2D eigenvalue weighted by Crippen LogP contribution is -2.46. The van der Waals surface area contributed by atoms with E-state index in [1.807, 2.05) is 30.3 Å². The fourth-order valence-corrected chi connectivity index (χ4v) is 2.82. The van der Waals surface area contributed by atoms with Gasteiger partial charge in [0.1, 0.15) is 12.2 Å². The van der Waals surface area contributed by atoms with E-state index < -0.39 is 17.8 Å². The zero-order valence-corrected chi connectivity index (χ0v) is 15.7. The molecule has 0 aliphatic carbocycles. The first-order valence-corrected chi connectivity index (χ1v) is 8.86. The molecule has 1 unspecified atom stereocenters. The third-order valence-corrected chi connectivity index (χ3v) is 4.04. The molecular weight excluding hydrogens is 336 g/mol. The molecule has 1 aliphatic rings. The quantitative estimate of drug-likeness (QED) is 0.869. The monoisotopic (exact) mass is 364 g/mol. The number of aliphatic hydroxyl groups excluding tert-OH is 1. The summed E-state index contributed by atoms with van der Waals surface area (Å²) in [4.78, 5) is 27.7. The van der Waals surface area contributed by atoms with Crippen molar-refractivity contribution >= 4 is 12.2 Å². The average Bonchev–Trinajstić information content (AvgIpc) is 3.06. The SMILES string of the molecule is CC(C)(C)OC(=O)N(CCO)C1CCN(C(=O)OCc2ccccc2)C1. The van der Waals surface area contributed by atoms with Gasteiger partial charge in [0, 0.05) is 19.6 Å². The Labute approximate surface area is 154 Å². The summed E-state index contributed by atoms with van der Waals surface area (Å²) in [6, 6.07) is 9.28. The van der Waals surface area contributed by atoms with Crippen LogP contribution in [0.1, 0.15) is 32.8 Å². The number of likely N-dealkylation sites (tertiary alicyclic amines) is 1. The highest BCUT2D eigenvalue weighted by atomic mass is 16.6. The molecule has 1 aliphatic heterocycles. The second-order valence-corrected chi connectivity index (χ2v) is 7.33. The van der Waals surface area contributed by atoms with Gasteiger partial charge in [-0.2, -0.15) is 0 Å². The minimum absolute atomic E-state index is 0.159. The van der Waals surface area contributed by atoms with Crippen molar-refractivity contribution in [2.24, 2.45) is 0 Å². The first kappa shape index (κ1) is 20.0. The van der Waals surface area contributed by atoms with E-state index in [1.54, 1.807) is 25.7 Å². The minimum Gasteiger partial charge on any atom is -0.445 e. The molecule has 26 heavy (non-hydrogen) atoms. The van der Waals surface area contributed by atoms with Gasteiger partial charge in [0.05, 0.1) is 12.6 Å². The van der Waals surface area contributed by atoms with Crippen LogP contribution in [0.4, 0.5) is 9.59 Å². The van der Waals surface area contributed by atoms with Crippen LogP contribution in [-0.2, 0) is 16.1 Å². The van der Waals surface area contributed by atoms with Crippen molar-refractivity contribution in [2.75, 3.05) is 26.2 Å². The molecule has 0 bridgehead atoms. The zero-order chi connectivity index (χ0) is 19.2. The smallest absolute Gasteiger partial charge is 0.410 e. The molecule has 0 radical (unpaired) electrons. The number of aliphatic hydroxyl groups is 1. The first-order chi connectivity index (χ1) is 12.3. The van der Waals surface area contributed by atoms with Gasteiger partial charge in [0.25, 0.3) is 0 Å². The van der Waals surface area contributed by atoms with E-state index in [2.05, 4.69) is 0 Å². The summed E-state index contributed by atoms with van der Waals surface area (Å²) in [6.45, 7) is 6.49. The van der Waals surface area contributed by atoms with Crippen LogP contribution in [0.3, 0.4) is 0 Å². The number of benzene rings is 1. The maximum atomic E-state index is 12.4. The van der Waals surface area contributed by atoms with Gasteiger partial charge in [0.2, 0.25) is 0 Å². The maximum Gasteiger partial charge on any atom is 0.410 e. The molecule has 144 valence electrons. The van der Waals surface area contributed by atoms with Crippen LogP contribution in [0, 0.1) is 0 Å². The third-order valence-electron chi connectivity index (χ3n) is 4.04. The zero-order valence-electron chi connectivity index (χ0n) is 15.7. The third kappa shape index (κ3) is 5.91. The summed E-state index contributed by atoms with van der Waals surface area (Å²) in [6.07, 6.45) is -0.250. The number of nitrogens with zero attached hydrogens (tertiary/aromatic N) is 2. The summed E-state index contributed by atoms with van der Waals surface area (Å²) in [5.41, 5.74) is 0.310. The van der Waals surface area contributed by atoms with Crippen molar-refractivity contribution in [3.63, 3.8) is 0 Å². The molecule has 2 amide bonds. The number of amides is 2. The molecule has 1 aromatic carbocycles. The number of ether oxygens (including phenoxy) is 2. The Morgan fingerprint density at radius 3 is 2.58 bits per heavy atom. The molecule has 7 heteroatoms. The van der Waals surface area contributed by atoms with Crippen molar-refractivity contribution in [1.82, 2.24) is 9.80 Å². The molecule has 2 rings (SSSR count). The predicted octanol–water partition coefficient (Wildman–Crippen LogP) is 2.63. The van der Waals surface area contributed by atoms with E-state index in [1.165, 1.54) is 4.90 Å². The molecule has 7 nitrogen and oxygen atoms in total. The van der Waals surface area contributed by atoms with Gasteiger partial charge in [-0.05, 0) is 32.8 Å². The summed E-state index contributed by atoms with van der Waals surface area (Å²) < 4.78 is 10.8. The number of hydrogen-bond donors (Lipinski definition) is 1. The Morgan fingerprint density at radius 2 is 1.96 bits per heavy atom. The van der Waals surface area contributed by atoms with Crippen molar-refractivity contribution < 1.29 is 24.2 Å². The van der Waals surface area contributed by atoms with Crippen molar-refractivity contribution in [1.29, 1.82) is 0 Å². The van der Waals surface area contributed by atoms with Crippen LogP contribution in [0.2, 0.25) is 0 Å². The van der Waals surface area contributed by atoms with Crippen LogP contribution < -0.4 is 0 Å². The predicted molar refractivity (Wildman–Crippen MR) is 96.6 cm³/mol. The lowest BCUT2D eigenvalue weighted by Gasteiger charge is -2.31. The van der Waals surface area contributed by atoms with Crippen molar-refractivity contribution in [2.45, 2.75) is 45.4 Å². The van der Waals surface area contributed by atoms with Crippen molar-refractivity contribution in [3.8, 4) is 0 Å². The topological polar surface area (TPSA) is 79.3 Å². The van der Waals surface area contributed by atoms with E-state index in [0.717, 1.165) is 5.56 Å². The highest BCUT2D eigenvalue weighted by molar-refractivity contribution is 5.70. The Bertz CT molecular complexity index is 600. The fraction of sp³-hybridized carbons (Fsp3) is 0.579. The van der Waals surface area contributed by atoms with E-state index in [9.17, 15) is 14.7 Å². The van der Waals surface area contributed by atoms with E-state index >= 15 is 0 Å². The largest absolute Gasteiger partial charge is 0.445 e. The molecule has 1 N–H and O–H groups in total. The van der Waals surface area contributed by atoms with E-state index in [4.69, 9.17) is 9.47 Å². The van der Waals surface area contributed by atoms with Gasteiger partial charge in [-0.15, -0.1) is 0 Å². The highest BCUT2D eigenvalue weighted by Gasteiger charge is 2.35. The molecular formula is C19H28N2O5. The molecule has 1 saturated heterocycles. The lowest BCUT2D eigenvalue weighted by molar-refractivity contribution is 0.0128. The van der Waals surface area contributed by atoms with Crippen LogP contribution in [0.15, 0.2) is 30.3 Å². The molecule has 1 aromatic rings. The van der Waals surface area contributed by atoms with Gasteiger partial charge in [-0.3, -0.25) is 0 Å². The molecule has 1 fully saturated rings. The van der Waals surface area contributed by atoms with Gasteiger partial charge in [0.15, 0.2) is 0 Å². The summed E-state index contributed by atoms with van der Waals surface area (Å²) >= 11 is 0. The average molecular weight is 364 g/mol. The Morgan fingerprint density at radius 1 is 1.27 bits per heavy atom. The molecule has 1 atom stereocenters. The maximum absolute atomic E-state index is 12.4. The molecule has 0 saturated carbocycles. The van der Waals surface area contributed by atoms with Gasteiger partial charge < -0.3 is 24.4 Å². The molecule has 0 spiro atoms. The Kier molecular flexibility index (Phi) is 6.85. The molecule has 0 aromatic heterocycles. The first-order valence-electron chi connectivity index (χ1n) is 8.86. The Hall–Kier alpha value is -2.28. The van der Waals surface area contributed by atoms with Gasteiger partial charge in [-0.25, -0.2) is 9.59 Å². The molecule has 1 heterocycles. The fourth-order valence-electron chi connectivity index (χ4n) is 2.82. The number of carbonyl (C=O) groups excluding carboxylic acids is 2. The van der Waals surface area contributed by atoms with E-state index in [-0.39, 0.29) is 25.8 Å². The summed E-state index contributed by atoms with van der Waals surface area (Å²) in [5, 5.41) is 9.27. The normalized spacial score (nSPS) is 17.1. The summed E-state index contributed by atoms with van der Waals surface area (Å²) in [5.74, 6) is 0. The number of carbonyl (C=O) groups is 2. The number of hydrogen-bond acceptors (Lipinski definition) is 5. The second kappa shape index (κ2) is 8.89. The van der Waals surface area contributed by atoms with Crippen LogP contribution in [0.5, 0.6) is 0 Å². The lowest BCUT2D eigenvalue weighted by atomic mass is 10.2. The minimum atomic E-state index is -0.613. The number of rotatable bonds is 5. The van der Waals surface area contributed by atoms with E-state index in [0.29, 0.717) is 19.5 Å². The van der Waals surface area contributed by atoms with Gasteiger partial charge >= 0.3 is 12.2 Å². The Balaban J connectivity index is 1.89. The van der Waals surface area contributed by atoms with Crippen LogP contribution >= 0.6 is 0 Å². The van der Waals surface area contributed by atoms with Crippen LogP contribution in [-0.4, -0.2) is 65.0 Å². The second-order valence-electron chi connectivity index (χ2n) is 7.33. The summed E-state index contributed by atoms with van der Waals surface area (Å²) in [7, 11) is 0.